The zero-order valence-corrected chi connectivity index (χ0v) is 9.47. The monoisotopic (exact) mass is 221 g/mol. The Kier molecular flexibility index (Phi) is 3.53. The van der Waals surface area contributed by atoms with E-state index in [1.54, 1.807) is 6.20 Å². The van der Waals surface area contributed by atoms with Crippen molar-refractivity contribution in [1.82, 2.24) is 9.88 Å². The average molecular weight is 221 g/mol. The van der Waals surface area contributed by atoms with Crippen LogP contribution in [0.2, 0.25) is 0 Å². The SMILES string of the molecule is NC1(CO)CCN(Cc2cccnc2)CC1. The molecule has 0 bridgehead atoms. The molecular formula is C12H19N3O. The summed E-state index contributed by atoms with van der Waals surface area (Å²) in [4.78, 5) is 6.46. The molecule has 0 unspecified atom stereocenters. The molecule has 0 saturated carbocycles. The van der Waals surface area contributed by atoms with E-state index in [9.17, 15) is 5.11 Å². The van der Waals surface area contributed by atoms with E-state index in [-0.39, 0.29) is 12.1 Å². The highest BCUT2D eigenvalue weighted by atomic mass is 16.3. The number of nitrogens with two attached hydrogens (primary N) is 1. The van der Waals surface area contributed by atoms with Crippen molar-refractivity contribution in [3.63, 3.8) is 0 Å². The zero-order chi connectivity index (χ0) is 11.4. The fourth-order valence-electron chi connectivity index (χ4n) is 2.06. The Morgan fingerprint density at radius 3 is 2.75 bits per heavy atom. The lowest BCUT2D eigenvalue weighted by Crippen LogP contribution is -2.52. The Labute approximate surface area is 96.1 Å². The Morgan fingerprint density at radius 2 is 2.19 bits per heavy atom. The van der Waals surface area contributed by atoms with Gasteiger partial charge in [-0.15, -0.1) is 0 Å². The van der Waals surface area contributed by atoms with Gasteiger partial charge in [-0.2, -0.15) is 0 Å². The van der Waals surface area contributed by atoms with E-state index in [0.29, 0.717) is 0 Å². The molecule has 0 aromatic carbocycles. The van der Waals surface area contributed by atoms with Crippen molar-refractivity contribution in [1.29, 1.82) is 0 Å². The number of nitrogens with zero attached hydrogens (tertiary/aromatic N) is 2. The van der Waals surface area contributed by atoms with Crippen LogP contribution < -0.4 is 5.73 Å². The lowest BCUT2D eigenvalue weighted by Gasteiger charge is -2.37. The number of hydrogen-bond acceptors (Lipinski definition) is 4. The summed E-state index contributed by atoms with van der Waals surface area (Å²) in [6, 6.07) is 4.05. The fraction of sp³-hybridized carbons (Fsp3) is 0.583. The van der Waals surface area contributed by atoms with Crippen molar-refractivity contribution < 1.29 is 5.11 Å². The third-order valence-electron chi connectivity index (χ3n) is 3.30. The van der Waals surface area contributed by atoms with Crippen LogP contribution in [0.1, 0.15) is 18.4 Å². The zero-order valence-electron chi connectivity index (χ0n) is 9.47. The largest absolute Gasteiger partial charge is 0.394 e. The second-order valence-electron chi connectivity index (χ2n) is 4.66. The Morgan fingerprint density at radius 1 is 1.44 bits per heavy atom. The van der Waals surface area contributed by atoms with Crippen LogP contribution in [-0.4, -0.2) is 40.2 Å². The maximum Gasteiger partial charge on any atom is 0.0612 e. The number of aliphatic hydroxyl groups excluding tert-OH is 1. The van der Waals surface area contributed by atoms with Gasteiger partial charge in [-0.05, 0) is 24.5 Å². The minimum atomic E-state index is -0.356. The molecule has 0 amide bonds. The summed E-state index contributed by atoms with van der Waals surface area (Å²) in [5.41, 5.74) is 6.90. The molecule has 3 N–H and O–H groups in total. The van der Waals surface area contributed by atoms with Crippen molar-refractivity contribution in [2.45, 2.75) is 24.9 Å². The molecule has 88 valence electrons. The molecule has 16 heavy (non-hydrogen) atoms. The molecule has 1 saturated heterocycles. The molecule has 4 heteroatoms. The summed E-state index contributed by atoms with van der Waals surface area (Å²) < 4.78 is 0. The Bertz CT molecular complexity index is 320. The van der Waals surface area contributed by atoms with Crippen LogP contribution in [0.25, 0.3) is 0 Å². The van der Waals surface area contributed by atoms with E-state index < -0.39 is 0 Å². The maximum atomic E-state index is 9.17. The third-order valence-corrected chi connectivity index (χ3v) is 3.30. The molecule has 1 aromatic rings. The van der Waals surface area contributed by atoms with Crippen molar-refractivity contribution in [2.24, 2.45) is 5.73 Å². The number of pyridine rings is 1. The van der Waals surface area contributed by atoms with Gasteiger partial charge in [0, 0.05) is 37.6 Å². The molecule has 4 nitrogen and oxygen atoms in total. The van der Waals surface area contributed by atoms with Crippen LogP contribution in [0.15, 0.2) is 24.5 Å². The normalized spacial score (nSPS) is 20.9. The summed E-state index contributed by atoms with van der Waals surface area (Å²) in [5.74, 6) is 0. The van der Waals surface area contributed by atoms with Crippen LogP contribution in [0.5, 0.6) is 0 Å². The molecule has 1 aliphatic rings. The molecule has 0 aliphatic carbocycles. The summed E-state index contributed by atoms with van der Waals surface area (Å²) in [7, 11) is 0. The minimum Gasteiger partial charge on any atom is -0.394 e. The molecule has 1 aliphatic heterocycles. The molecule has 1 aromatic heterocycles. The van der Waals surface area contributed by atoms with Crippen LogP contribution in [0, 0.1) is 0 Å². The van der Waals surface area contributed by atoms with Gasteiger partial charge in [0.25, 0.3) is 0 Å². The molecular weight excluding hydrogens is 202 g/mol. The average Bonchev–Trinajstić information content (AvgIpc) is 2.34. The predicted octanol–water partition coefficient (Wildman–Crippen LogP) is 0.367. The van der Waals surface area contributed by atoms with E-state index in [0.717, 1.165) is 32.5 Å². The van der Waals surface area contributed by atoms with E-state index >= 15 is 0 Å². The highest BCUT2D eigenvalue weighted by Crippen LogP contribution is 2.20. The van der Waals surface area contributed by atoms with E-state index in [1.165, 1.54) is 5.56 Å². The number of hydrogen-bond donors (Lipinski definition) is 2. The first-order valence-corrected chi connectivity index (χ1v) is 5.73. The molecule has 2 heterocycles. The topological polar surface area (TPSA) is 62.4 Å². The van der Waals surface area contributed by atoms with Crippen LogP contribution in [0.3, 0.4) is 0 Å². The highest BCUT2D eigenvalue weighted by molar-refractivity contribution is 5.08. The lowest BCUT2D eigenvalue weighted by atomic mass is 9.89. The molecule has 1 fully saturated rings. The van der Waals surface area contributed by atoms with Gasteiger partial charge in [-0.3, -0.25) is 9.88 Å². The Balaban J connectivity index is 1.86. The number of piperidine rings is 1. The quantitative estimate of drug-likeness (QED) is 0.774. The highest BCUT2D eigenvalue weighted by Gasteiger charge is 2.29. The fourth-order valence-corrected chi connectivity index (χ4v) is 2.06. The summed E-state index contributed by atoms with van der Waals surface area (Å²) in [6.07, 6.45) is 5.42. The van der Waals surface area contributed by atoms with Gasteiger partial charge in [0.1, 0.15) is 0 Å². The Hall–Kier alpha value is -0.970. The lowest BCUT2D eigenvalue weighted by molar-refractivity contribution is 0.102. The van der Waals surface area contributed by atoms with E-state index in [2.05, 4.69) is 16.0 Å². The van der Waals surface area contributed by atoms with Crippen LogP contribution >= 0.6 is 0 Å². The van der Waals surface area contributed by atoms with Gasteiger partial charge in [0.2, 0.25) is 0 Å². The third kappa shape index (κ3) is 2.78. The van der Waals surface area contributed by atoms with Gasteiger partial charge < -0.3 is 10.8 Å². The molecule has 0 spiro atoms. The standard InChI is InChI=1S/C12H19N3O/c13-12(10-16)3-6-15(7-4-12)9-11-2-1-5-14-8-11/h1-2,5,8,16H,3-4,6-7,9-10,13H2. The summed E-state index contributed by atoms with van der Waals surface area (Å²) >= 11 is 0. The first kappa shape index (κ1) is 11.5. The first-order chi connectivity index (χ1) is 7.72. The van der Waals surface area contributed by atoms with E-state index in [1.807, 2.05) is 12.3 Å². The first-order valence-electron chi connectivity index (χ1n) is 5.73. The predicted molar refractivity (Wildman–Crippen MR) is 62.8 cm³/mol. The van der Waals surface area contributed by atoms with Gasteiger partial charge in [0.05, 0.1) is 6.61 Å². The molecule has 2 rings (SSSR count). The number of aliphatic hydroxyl groups is 1. The second-order valence-corrected chi connectivity index (χ2v) is 4.66. The van der Waals surface area contributed by atoms with Crippen molar-refractivity contribution in [3.8, 4) is 0 Å². The summed E-state index contributed by atoms with van der Waals surface area (Å²) in [6.45, 7) is 2.92. The molecule has 0 radical (unpaired) electrons. The summed E-state index contributed by atoms with van der Waals surface area (Å²) in [5, 5.41) is 9.17. The van der Waals surface area contributed by atoms with Crippen LogP contribution in [-0.2, 0) is 6.54 Å². The van der Waals surface area contributed by atoms with Crippen LogP contribution in [0.4, 0.5) is 0 Å². The van der Waals surface area contributed by atoms with Gasteiger partial charge in [0.15, 0.2) is 0 Å². The second kappa shape index (κ2) is 4.91. The van der Waals surface area contributed by atoms with Gasteiger partial charge in [-0.1, -0.05) is 6.07 Å². The van der Waals surface area contributed by atoms with Crippen molar-refractivity contribution >= 4 is 0 Å². The van der Waals surface area contributed by atoms with Crippen molar-refractivity contribution in [3.05, 3.63) is 30.1 Å². The number of aromatic nitrogens is 1. The van der Waals surface area contributed by atoms with Gasteiger partial charge >= 0.3 is 0 Å². The van der Waals surface area contributed by atoms with Gasteiger partial charge in [-0.25, -0.2) is 0 Å². The maximum absolute atomic E-state index is 9.17. The van der Waals surface area contributed by atoms with Crippen molar-refractivity contribution in [2.75, 3.05) is 19.7 Å². The smallest absolute Gasteiger partial charge is 0.0612 e. The van der Waals surface area contributed by atoms with E-state index in [4.69, 9.17) is 5.73 Å². The number of rotatable bonds is 3. The minimum absolute atomic E-state index is 0.0910. The number of likely N-dealkylation sites (tertiary alicyclic amines) is 1. The molecule has 0 atom stereocenters.